The van der Waals surface area contributed by atoms with Crippen molar-refractivity contribution in [2.24, 2.45) is 0 Å². The van der Waals surface area contributed by atoms with Crippen LogP contribution in [0.5, 0.6) is 5.75 Å². The second-order valence-electron chi connectivity index (χ2n) is 4.25. The van der Waals surface area contributed by atoms with E-state index in [0.717, 1.165) is 10.6 Å². The fraction of sp³-hybridized carbons (Fsp3) is 0.455. The van der Waals surface area contributed by atoms with E-state index in [9.17, 15) is 16.8 Å². The minimum Gasteiger partial charge on any atom is -0.492 e. The van der Waals surface area contributed by atoms with Crippen LogP contribution >= 0.6 is 0 Å². The summed E-state index contributed by atoms with van der Waals surface area (Å²) in [4.78, 5) is -0.0166. The van der Waals surface area contributed by atoms with E-state index < -0.39 is 20.0 Å². The molecule has 0 unspecified atom stereocenters. The summed E-state index contributed by atoms with van der Waals surface area (Å²) in [7, 11) is -4.39. The summed E-state index contributed by atoms with van der Waals surface area (Å²) in [6.45, 7) is 2.08. The van der Waals surface area contributed by atoms with Crippen LogP contribution in [0.2, 0.25) is 0 Å². The van der Waals surface area contributed by atoms with Gasteiger partial charge in [-0.25, -0.2) is 21.1 Å². The van der Waals surface area contributed by atoms with Crippen LogP contribution in [0.4, 0.5) is 5.69 Å². The number of benzene rings is 1. The Morgan fingerprint density at radius 2 is 1.80 bits per heavy atom. The summed E-state index contributed by atoms with van der Waals surface area (Å²) in [5.74, 6) is 0.274. The number of rotatable bonds is 6. The van der Waals surface area contributed by atoms with Crippen LogP contribution < -0.4 is 9.46 Å². The lowest BCUT2D eigenvalue weighted by Gasteiger charge is -2.15. The van der Waals surface area contributed by atoms with Gasteiger partial charge in [-0.2, -0.15) is 0 Å². The lowest BCUT2D eigenvalue weighted by atomic mass is 10.3. The topological polar surface area (TPSA) is 92.8 Å². The largest absolute Gasteiger partial charge is 0.492 e. The fourth-order valence-corrected chi connectivity index (χ4v) is 2.93. The maximum atomic E-state index is 12.0. The van der Waals surface area contributed by atoms with E-state index >= 15 is 0 Å². The Bertz CT molecular complexity index is 681. The molecular formula is C11H18N2O5S2. The van der Waals surface area contributed by atoms with Crippen molar-refractivity contribution in [3.05, 3.63) is 18.2 Å². The van der Waals surface area contributed by atoms with Crippen LogP contribution in [0.15, 0.2) is 23.1 Å². The second kappa shape index (κ2) is 5.98. The zero-order chi connectivity index (χ0) is 15.6. The van der Waals surface area contributed by atoms with E-state index in [0.29, 0.717) is 6.61 Å². The Morgan fingerprint density at radius 1 is 1.20 bits per heavy atom. The van der Waals surface area contributed by atoms with Crippen LogP contribution in [0.25, 0.3) is 0 Å². The Kier molecular flexibility index (Phi) is 5.00. The average Bonchev–Trinajstić information content (AvgIpc) is 2.29. The Balaban J connectivity index is 3.38. The molecule has 0 amide bonds. The predicted octanol–water partition coefficient (Wildman–Crippen LogP) is 0.707. The zero-order valence-corrected chi connectivity index (χ0v) is 13.4. The molecule has 9 heteroatoms. The maximum Gasteiger partial charge on any atom is 0.242 e. The summed E-state index contributed by atoms with van der Waals surface area (Å²) in [6.07, 6.45) is 0.982. The van der Waals surface area contributed by atoms with E-state index in [1.165, 1.54) is 32.3 Å². The summed E-state index contributed by atoms with van der Waals surface area (Å²) in [5, 5.41) is 0. The number of ether oxygens (including phenoxy) is 1. The first-order chi connectivity index (χ1) is 9.08. The fourth-order valence-electron chi connectivity index (χ4n) is 1.44. The average molecular weight is 322 g/mol. The second-order valence-corrected chi connectivity index (χ2v) is 8.15. The summed E-state index contributed by atoms with van der Waals surface area (Å²) >= 11 is 0. The maximum absolute atomic E-state index is 12.0. The molecule has 0 fully saturated rings. The molecule has 0 bridgehead atoms. The minimum absolute atomic E-state index is 0.0166. The predicted molar refractivity (Wildman–Crippen MR) is 77.0 cm³/mol. The molecule has 1 N–H and O–H groups in total. The van der Waals surface area contributed by atoms with Gasteiger partial charge >= 0.3 is 0 Å². The summed E-state index contributed by atoms with van der Waals surface area (Å²) in [6, 6.07) is 4.03. The molecular weight excluding hydrogens is 304 g/mol. The highest BCUT2D eigenvalue weighted by Crippen LogP contribution is 2.29. The van der Waals surface area contributed by atoms with Crippen molar-refractivity contribution in [1.82, 2.24) is 4.31 Å². The number of nitrogens with one attached hydrogen (secondary N) is 1. The van der Waals surface area contributed by atoms with Crippen molar-refractivity contribution in [2.45, 2.75) is 11.8 Å². The van der Waals surface area contributed by atoms with E-state index in [1.807, 2.05) is 0 Å². The van der Waals surface area contributed by atoms with E-state index in [2.05, 4.69) is 4.72 Å². The highest BCUT2D eigenvalue weighted by molar-refractivity contribution is 7.92. The van der Waals surface area contributed by atoms with Crippen molar-refractivity contribution < 1.29 is 21.6 Å². The van der Waals surface area contributed by atoms with Gasteiger partial charge in [0.15, 0.2) is 0 Å². The molecule has 114 valence electrons. The Morgan fingerprint density at radius 3 is 2.25 bits per heavy atom. The van der Waals surface area contributed by atoms with Crippen LogP contribution in [-0.4, -0.2) is 48.1 Å². The van der Waals surface area contributed by atoms with Gasteiger partial charge in [0.05, 0.1) is 23.4 Å². The lowest BCUT2D eigenvalue weighted by molar-refractivity contribution is 0.342. The van der Waals surface area contributed by atoms with Gasteiger partial charge in [-0.3, -0.25) is 4.72 Å². The van der Waals surface area contributed by atoms with E-state index in [4.69, 9.17) is 4.74 Å². The SMILES string of the molecule is CCOc1ccc(S(=O)(=O)N(C)C)cc1NS(C)(=O)=O. The molecule has 20 heavy (non-hydrogen) atoms. The third-order valence-electron chi connectivity index (χ3n) is 2.32. The monoisotopic (exact) mass is 322 g/mol. The van der Waals surface area contributed by atoms with Crippen molar-refractivity contribution in [3.8, 4) is 5.75 Å². The molecule has 0 saturated carbocycles. The molecule has 0 aliphatic carbocycles. The van der Waals surface area contributed by atoms with Crippen LogP contribution in [0, 0.1) is 0 Å². The quantitative estimate of drug-likeness (QED) is 0.832. The number of anilines is 1. The molecule has 0 atom stereocenters. The Labute approximate surface area is 119 Å². The first kappa shape index (κ1) is 16.7. The molecule has 0 aliphatic rings. The van der Waals surface area contributed by atoms with Crippen molar-refractivity contribution >= 4 is 25.7 Å². The van der Waals surface area contributed by atoms with Gasteiger partial charge in [-0.1, -0.05) is 0 Å². The normalized spacial score (nSPS) is 12.4. The van der Waals surface area contributed by atoms with Crippen LogP contribution in [-0.2, 0) is 20.0 Å². The van der Waals surface area contributed by atoms with E-state index in [1.54, 1.807) is 6.92 Å². The molecule has 0 heterocycles. The Hall–Kier alpha value is -1.32. The third-order valence-corrected chi connectivity index (χ3v) is 4.73. The van der Waals surface area contributed by atoms with Gasteiger partial charge in [-0.05, 0) is 25.1 Å². The smallest absolute Gasteiger partial charge is 0.242 e. The number of hydrogen-bond donors (Lipinski definition) is 1. The first-order valence-electron chi connectivity index (χ1n) is 5.75. The number of sulfonamides is 2. The molecule has 1 rings (SSSR count). The third kappa shape index (κ3) is 4.09. The molecule has 7 nitrogen and oxygen atoms in total. The number of hydrogen-bond acceptors (Lipinski definition) is 5. The van der Waals surface area contributed by atoms with Crippen molar-refractivity contribution in [1.29, 1.82) is 0 Å². The summed E-state index contributed by atoms with van der Waals surface area (Å²) < 4.78 is 55.3. The first-order valence-corrected chi connectivity index (χ1v) is 9.08. The molecule has 0 spiro atoms. The van der Waals surface area contributed by atoms with Gasteiger partial charge in [0.1, 0.15) is 5.75 Å². The standard InChI is InChI=1S/C11H18N2O5S2/c1-5-18-11-7-6-9(20(16,17)13(2)3)8-10(11)12-19(4,14)15/h6-8,12H,5H2,1-4H3. The van der Waals surface area contributed by atoms with Gasteiger partial charge in [0, 0.05) is 14.1 Å². The molecule has 0 radical (unpaired) electrons. The summed E-state index contributed by atoms with van der Waals surface area (Å²) in [5.41, 5.74) is 0.0947. The van der Waals surface area contributed by atoms with Gasteiger partial charge in [-0.15, -0.1) is 0 Å². The molecule has 0 saturated heterocycles. The van der Waals surface area contributed by atoms with E-state index in [-0.39, 0.29) is 16.3 Å². The zero-order valence-electron chi connectivity index (χ0n) is 11.7. The minimum atomic E-state index is -3.64. The van der Waals surface area contributed by atoms with Crippen LogP contribution in [0.1, 0.15) is 6.92 Å². The van der Waals surface area contributed by atoms with Crippen molar-refractivity contribution in [2.75, 3.05) is 31.7 Å². The molecule has 0 aromatic heterocycles. The van der Waals surface area contributed by atoms with Crippen molar-refractivity contribution in [3.63, 3.8) is 0 Å². The van der Waals surface area contributed by atoms with Gasteiger partial charge in [0.2, 0.25) is 20.0 Å². The highest BCUT2D eigenvalue weighted by atomic mass is 32.2. The van der Waals surface area contributed by atoms with Gasteiger partial charge in [0.25, 0.3) is 0 Å². The number of nitrogens with zero attached hydrogens (tertiary/aromatic N) is 1. The molecule has 0 aliphatic heterocycles. The van der Waals surface area contributed by atoms with Gasteiger partial charge < -0.3 is 4.74 Å². The van der Waals surface area contributed by atoms with Crippen LogP contribution in [0.3, 0.4) is 0 Å². The molecule has 1 aromatic carbocycles. The highest BCUT2D eigenvalue weighted by Gasteiger charge is 2.20. The lowest BCUT2D eigenvalue weighted by Crippen LogP contribution is -2.22. The molecule has 1 aromatic rings.